The average Bonchev–Trinajstić information content (AvgIpc) is 2.52. The molecule has 21 heavy (non-hydrogen) atoms. The fourth-order valence-electron chi connectivity index (χ4n) is 2.17. The van der Waals surface area contributed by atoms with Crippen molar-refractivity contribution in [2.24, 2.45) is 0 Å². The lowest BCUT2D eigenvalue weighted by molar-refractivity contribution is 0.775. The fraction of sp³-hybridized carbons (Fsp3) is 0.444. The Balaban J connectivity index is 2.43. The molecule has 3 heteroatoms. The second-order valence-corrected chi connectivity index (χ2v) is 5.63. The zero-order valence-corrected chi connectivity index (χ0v) is 13.5. The Kier molecular flexibility index (Phi) is 5.32. The highest BCUT2D eigenvalue weighted by Crippen LogP contribution is 2.23. The molecule has 0 atom stereocenters. The minimum atomic E-state index is 0.321. The van der Waals surface area contributed by atoms with Crippen molar-refractivity contribution >= 4 is 5.82 Å². The van der Waals surface area contributed by atoms with E-state index in [1.54, 1.807) is 0 Å². The van der Waals surface area contributed by atoms with Gasteiger partial charge in [-0.3, -0.25) is 0 Å². The van der Waals surface area contributed by atoms with E-state index in [9.17, 15) is 0 Å². The van der Waals surface area contributed by atoms with Crippen LogP contribution in [0.25, 0.3) is 11.3 Å². The molecule has 112 valence electrons. The average molecular weight is 283 g/mol. The smallest absolute Gasteiger partial charge is 0.133 e. The van der Waals surface area contributed by atoms with Gasteiger partial charge in [-0.2, -0.15) is 0 Å². The van der Waals surface area contributed by atoms with E-state index in [0.29, 0.717) is 5.92 Å². The third-order valence-electron chi connectivity index (χ3n) is 3.45. The molecule has 0 bridgehead atoms. The van der Waals surface area contributed by atoms with E-state index in [0.717, 1.165) is 42.3 Å². The van der Waals surface area contributed by atoms with Crippen molar-refractivity contribution in [3.05, 3.63) is 41.7 Å². The summed E-state index contributed by atoms with van der Waals surface area (Å²) in [5.74, 6) is 2.14. The van der Waals surface area contributed by atoms with E-state index in [2.05, 4.69) is 68.3 Å². The summed E-state index contributed by atoms with van der Waals surface area (Å²) in [4.78, 5) is 9.35. The maximum Gasteiger partial charge on any atom is 0.133 e. The second kappa shape index (κ2) is 7.21. The number of anilines is 1. The Morgan fingerprint density at radius 2 is 1.90 bits per heavy atom. The molecule has 0 radical (unpaired) electrons. The quantitative estimate of drug-likeness (QED) is 0.838. The van der Waals surface area contributed by atoms with Crippen LogP contribution < -0.4 is 5.32 Å². The van der Waals surface area contributed by atoms with E-state index < -0.39 is 0 Å². The van der Waals surface area contributed by atoms with Gasteiger partial charge in [-0.05, 0) is 24.5 Å². The zero-order chi connectivity index (χ0) is 15.2. The summed E-state index contributed by atoms with van der Waals surface area (Å²) < 4.78 is 0. The molecule has 3 nitrogen and oxygen atoms in total. The number of benzene rings is 1. The number of nitrogens with zero attached hydrogens (tertiary/aromatic N) is 2. The molecule has 2 aromatic rings. The lowest BCUT2D eigenvalue weighted by atomic mass is 10.1. The van der Waals surface area contributed by atoms with Crippen LogP contribution in [0.3, 0.4) is 0 Å². The summed E-state index contributed by atoms with van der Waals surface area (Å²) in [6, 6.07) is 10.6. The lowest BCUT2D eigenvalue weighted by Gasteiger charge is -2.12. The van der Waals surface area contributed by atoms with E-state index in [-0.39, 0.29) is 0 Å². The van der Waals surface area contributed by atoms with Crippen molar-refractivity contribution in [1.29, 1.82) is 0 Å². The van der Waals surface area contributed by atoms with Gasteiger partial charge < -0.3 is 5.32 Å². The monoisotopic (exact) mass is 283 g/mol. The second-order valence-electron chi connectivity index (χ2n) is 5.63. The maximum atomic E-state index is 4.74. The highest BCUT2D eigenvalue weighted by molar-refractivity contribution is 5.63. The van der Waals surface area contributed by atoms with Crippen LogP contribution in [0.1, 0.15) is 51.4 Å². The van der Waals surface area contributed by atoms with E-state index in [4.69, 9.17) is 4.98 Å². The highest BCUT2D eigenvalue weighted by atomic mass is 15.0. The SMILES string of the molecule is CCCNc1cc(-c2cccc(CC)c2)nc(C(C)C)n1. The molecule has 1 aromatic carbocycles. The normalized spacial score (nSPS) is 10.9. The van der Waals surface area contributed by atoms with Crippen LogP contribution in [0.2, 0.25) is 0 Å². The molecule has 0 fully saturated rings. The summed E-state index contributed by atoms with van der Waals surface area (Å²) in [6.07, 6.45) is 2.12. The van der Waals surface area contributed by atoms with Crippen LogP contribution in [-0.4, -0.2) is 16.5 Å². The van der Waals surface area contributed by atoms with Crippen LogP contribution in [-0.2, 0) is 6.42 Å². The number of aromatic nitrogens is 2. The molecule has 1 aromatic heterocycles. The summed E-state index contributed by atoms with van der Waals surface area (Å²) >= 11 is 0. The Bertz CT molecular complexity index is 591. The van der Waals surface area contributed by atoms with Crippen LogP contribution in [0.5, 0.6) is 0 Å². The molecule has 0 saturated carbocycles. The van der Waals surface area contributed by atoms with Crippen molar-refractivity contribution in [1.82, 2.24) is 9.97 Å². The summed E-state index contributed by atoms with van der Waals surface area (Å²) in [7, 11) is 0. The van der Waals surface area contributed by atoms with Gasteiger partial charge in [-0.15, -0.1) is 0 Å². The molecule has 1 heterocycles. The van der Waals surface area contributed by atoms with Crippen molar-refractivity contribution in [2.75, 3.05) is 11.9 Å². The topological polar surface area (TPSA) is 37.8 Å². The summed E-state index contributed by atoms with van der Waals surface area (Å²) in [5, 5.41) is 3.38. The molecule has 0 spiro atoms. The minimum absolute atomic E-state index is 0.321. The number of hydrogen-bond donors (Lipinski definition) is 1. The Morgan fingerprint density at radius 1 is 1.10 bits per heavy atom. The molecule has 0 saturated heterocycles. The van der Waals surface area contributed by atoms with Gasteiger partial charge in [0.1, 0.15) is 11.6 Å². The van der Waals surface area contributed by atoms with Crippen LogP contribution in [0.15, 0.2) is 30.3 Å². The first kappa shape index (κ1) is 15.5. The number of hydrogen-bond acceptors (Lipinski definition) is 3. The van der Waals surface area contributed by atoms with Gasteiger partial charge in [0.15, 0.2) is 0 Å². The number of nitrogens with one attached hydrogen (secondary N) is 1. The maximum absolute atomic E-state index is 4.74. The largest absolute Gasteiger partial charge is 0.370 e. The summed E-state index contributed by atoms with van der Waals surface area (Å²) in [6.45, 7) is 9.52. The van der Waals surface area contributed by atoms with Gasteiger partial charge in [-0.25, -0.2) is 9.97 Å². The molecule has 1 N–H and O–H groups in total. The highest BCUT2D eigenvalue weighted by Gasteiger charge is 2.09. The van der Waals surface area contributed by atoms with Crippen molar-refractivity contribution in [2.45, 2.75) is 46.5 Å². The molecule has 0 unspecified atom stereocenters. The van der Waals surface area contributed by atoms with E-state index in [1.807, 2.05) is 0 Å². The van der Waals surface area contributed by atoms with Crippen molar-refractivity contribution < 1.29 is 0 Å². The molecule has 0 aliphatic carbocycles. The Morgan fingerprint density at radius 3 is 2.57 bits per heavy atom. The summed E-state index contributed by atoms with van der Waals surface area (Å²) in [5.41, 5.74) is 3.50. The molecule has 0 aliphatic rings. The zero-order valence-electron chi connectivity index (χ0n) is 13.5. The first-order valence-corrected chi connectivity index (χ1v) is 7.86. The number of rotatable bonds is 6. The third-order valence-corrected chi connectivity index (χ3v) is 3.45. The molecule has 2 rings (SSSR count). The Labute approximate surface area is 127 Å². The van der Waals surface area contributed by atoms with Crippen LogP contribution in [0.4, 0.5) is 5.82 Å². The lowest BCUT2D eigenvalue weighted by Crippen LogP contribution is -2.07. The predicted molar refractivity (Wildman–Crippen MR) is 89.7 cm³/mol. The van der Waals surface area contributed by atoms with Crippen LogP contribution >= 0.6 is 0 Å². The Hall–Kier alpha value is -1.90. The first-order valence-electron chi connectivity index (χ1n) is 7.86. The first-order chi connectivity index (χ1) is 10.1. The fourth-order valence-corrected chi connectivity index (χ4v) is 2.17. The molecular formula is C18H25N3. The van der Waals surface area contributed by atoms with Gasteiger partial charge in [0.25, 0.3) is 0 Å². The van der Waals surface area contributed by atoms with E-state index >= 15 is 0 Å². The van der Waals surface area contributed by atoms with E-state index in [1.165, 1.54) is 5.56 Å². The number of aryl methyl sites for hydroxylation is 1. The van der Waals surface area contributed by atoms with Crippen molar-refractivity contribution in [3.8, 4) is 11.3 Å². The standard InChI is InChI=1S/C18H25N3/c1-5-10-19-17-12-16(20-18(21-17)13(3)4)15-9-7-8-14(6-2)11-15/h7-9,11-13H,5-6,10H2,1-4H3,(H,19,20,21). The molecule has 0 aliphatic heterocycles. The third kappa shape index (κ3) is 4.03. The molecule has 0 amide bonds. The van der Waals surface area contributed by atoms with Gasteiger partial charge in [0, 0.05) is 24.1 Å². The van der Waals surface area contributed by atoms with Gasteiger partial charge >= 0.3 is 0 Å². The predicted octanol–water partition coefficient (Wildman–Crippen LogP) is 4.65. The molecular weight excluding hydrogens is 258 g/mol. The van der Waals surface area contributed by atoms with Gasteiger partial charge in [-0.1, -0.05) is 45.9 Å². The van der Waals surface area contributed by atoms with Crippen LogP contribution in [0, 0.1) is 0 Å². The van der Waals surface area contributed by atoms with Gasteiger partial charge in [0.05, 0.1) is 5.69 Å². The minimum Gasteiger partial charge on any atom is -0.370 e. The van der Waals surface area contributed by atoms with Gasteiger partial charge in [0.2, 0.25) is 0 Å². The van der Waals surface area contributed by atoms with Crippen molar-refractivity contribution in [3.63, 3.8) is 0 Å².